The normalized spacial score (nSPS) is 14.5. The standard InChI is InChI=1S/C10H9BrO2/c1-13-10-7(11)4-2-6-3-5-8(12)9(6)10/h2,4H,3,5H2,1H3. The molecule has 68 valence electrons. The van der Waals surface area contributed by atoms with Crippen molar-refractivity contribution >= 4 is 21.7 Å². The van der Waals surface area contributed by atoms with Gasteiger partial charge in [-0.25, -0.2) is 0 Å². The van der Waals surface area contributed by atoms with Gasteiger partial charge in [-0.15, -0.1) is 0 Å². The average Bonchev–Trinajstić information content (AvgIpc) is 2.49. The molecule has 1 aliphatic rings. The molecule has 0 amide bonds. The molecule has 0 atom stereocenters. The number of fused-ring (bicyclic) bond motifs is 1. The number of ether oxygens (including phenoxy) is 1. The number of carbonyl (C=O) groups excluding carboxylic acids is 1. The van der Waals surface area contributed by atoms with E-state index in [0.29, 0.717) is 12.2 Å². The number of methoxy groups -OCH3 is 1. The van der Waals surface area contributed by atoms with Crippen molar-refractivity contribution in [3.8, 4) is 5.75 Å². The second-order valence-electron chi connectivity index (χ2n) is 3.04. The van der Waals surface area contributed by atoms with Crippen molar-refractivity contribution in [1.29, 1.82) is 0 Å². The van der Waals surface area contributed by atoms with Gasteiger partial charge in [0, 0.05) is 6.42 Å². The van der Waals surface area contributed by atoms with Gasteiger partial charge in [0.1, 0.15) is 5.75 Å². The molecule has 0 unspecified atom stereocenters. The molecule has 0 saturated carbocycles. The minimum Gasteiger partial charge on any atom is -0.495 e. The Kier molecular flexibility index (Phi) is 2.12. The highest BCUT2D eigenvalue weighted by Crippen LogP contribution is 2.36. The summed E-state index contributed by atoms with van der Waals surface area (Å²) in [5, 5.41) is 0. The second kappa shape index (κ2) is 3.14. The third-order valence-corrected chi connectivity index (χ3v) is 2.92. The van der Waals surface area contributed by atoms with Crippen LogP contribution in [0.15, 0.2) is 16.6 Å². The topological polar surface area (TPSA) is 26.3 Å². The van der Waals surface area contributed by atoms with Crippen LogP contribution in [-0.4, -0.2) is 12.9 Å². The molecule has 0 radical (unpaired) electrons. The summed E-state index contributed by atoms with van der Waals surface area (Å²) in [6.07, 6.45) is 1.46. The number of hydrogen-bond acceptors (Lipinski definition) is 2. The number of benzene rings is 1. The Balaban J connectivity index is 2.67. The zero-order valence-corrected chi connectivity index (χ0v) is 8.85. The number of carbonyl (C=O) groups is 1. The van der Waals surface area contributed by atoms with Gasteiger partial charge in [0.2, 0.25) is 0 Å². The number of Topliss-reactive ketones (excluding diaryl/α,β-unsaturated/α-hetero) is 1. The van der Waals surface area contributed by atoms with E-state index in [1.807, 2.05) is 12.1 Å². The lowest BCUT2D eigenvalue weighted by Crippen LogP contribution is -1.97. The summed E-state index contributed by atoms with van der Waals surface area (Å²) in [6.45, 7) is 0. The second-order valence-corrected chi connectivity index (χ2v) is 3.89. The van der Waals surface area contributed by atoms with Crippen molar-refractivity contribution < 1.29 is 9.53 Å². The maximum absolute atomic E-state index is 11.5. The third-order valence-electron chi connectivity index (χ3n) is 2.30. The summed E-state index contributed by atoms with van der Waals surface area (Å²) in [5.74, 6) is 0.869. The Hall–Kier alpha value is -0.830. The summed E-state index contributed by atoms with van der Waals surface area (Å²) in [5.41, 5.74) is 1.86. The summed E-state index contributed by atoms with van der Waals surface area (Å²) in [7, 11) is 1.59. The van der Waals surface area contributed by atoms with Gasteiger partial charge in [0.05, 0.1) is 17.1 Å². The van der Waals surface area contributed by atoms with Crippen molar-refractivity contribution in [2.24, 2.45) is 0 Å². The highest BCUT2D eigenvalue weighted by molar-refractivity contribution is 9.10. The van der Waals surface area contributed by atoms with Gasteiger partial charge in [-0.1, -0.05) is 6.07 Å². The molecule has 1 aromatic carbocycles. The molecule has 0 spiro atoms. The van der Waals surface area contributed by atoms with Crippen LogP contribution in [0.4, 0.5) is 0 Å². The largest absolute Gasteiger partial charge is 0.495 e. The van der Waals surface area contributed by atoms with Gasteiger partial charge < -0.3 is 4.74 Å². The van der Waals surface area contributed by atoms with Crippen LogP contribution in [-0.2, 0) is 6.42 Å². The van der Waals surface area contributed by atoms with E-state index < -0.39 is 0 Å². The lowest BCUT2D eigenvalue weighted by atomic mass is 10.1. The summed E-state index contributed by atoms with van der Waals surface area (Å²) < 4.78 is 6.04. The van der Waals surface area contributed by atoms with Crippen LogP contribution < -0.4 is 4.74 Å². The van der Waals surface area contributed by atoms with E-state index in [2.05, 4.69) is 15.9 Å². The van der Waals surface area contributed by atoms with Crippen molar-refractivity contribution in [1.82, 2.24) is 0 Å². The molecule has 3 heteroatoms. The molecule has 0 heterocycles. The number of halogens is 1. The molecule has 0 aliphatic heterocycles. The minimum absolute atomic E-state index is 0.188. The van der Waals surface area contributed by atoms with Crippen LogP contribution in [0.5, 0.6) is 5.75 Å². The SMILES string of the molecule is COc1c(Br)ccc2c1C(=O)CC2. The lowest BCUT2D eigenvalue weighted by molar-refractivity contribution is 0.0992. The smallest absolute Gasteiger partial charge is 0.167 e. The number of rotatable bonds is 1. The quantitative estimate of drug-likeness (QED) is 0.755. The van der Waals surface area contributed by atoms with Crippen LogP contribution in [0.1, 0.15) is 22.3 Å². The fraction of sp³-hybridized carbons (Fsp3) is 0.300. The van der Waals surface area contributed by atoms with Crippen LogP contribution in [0.3, 0.4) is 0 Å². The summed E-state index contributed by atoms with van der Waals surface area (Å²) in [4.78, 5) is 11.5. The molecule has 2 nitrogen and oxygen atoms in total. The van der Waals surface area contributed by atoms with Crippen LogP contribution in [0, 0.1) is 0 Å². The zero-order valence-electron chi connectivity index (χ0n) is 7.26. The fourth-order valence-electron chi connectivity index (χ4n) is 1.68. The fourth-order valence-corrected chi connectivity index (χ4v) is 2.18. The van der Waals surface area contributed by atoms with E-state index in [9.17, 15) is 4.79 Å². The van der Waals surface area contributed by atoms with Crippen molar-refractivity contribution in [2.45, 2.75) is 12.8 Å². The first-order valence-electron chi connectivity index (χ1n) is 4.12. The average molecular weight is 241 g/mol. The lowest BCUT2D eigenvalue weighted by Gasteiger charge is -2.07. The predicted octanol–water partition coefficient (Wildman–Crippen LogP) is 2.59. The van der Waals surface area contributed by atoms with E-state index in [1.165, 1.54) is 0 Å². The van der Waals surface area contributed by atoms with Gasteiger partial charge in [0.15, 0.2) is 5.78 Å². The highest BCUT2D eigenvalue weighted by Gasteiger charge is 2.24. The van der Waals surface area contributed by atoms with E-state index >= 15 is 0 Å². The molecule has 1 aromatic rings. The Morgan fingerprint density at radius 1 is 1.38 bits per heavy atom. The first kappa shape index (κ1) is 8.75. The maximum atomic E-state index is 11.5. The molecule has 0 fully saturated rings. The number of ketones is 1. The van der Waals surface area contributed by atoms with Crippen molar-refractivity contribution in [3.63, 3.8) is 0 Å². The van der Waals surface area contributed by atoms with Crippen molar-refractivity contribution in [3.05, 3.63) is 27.7 Å². The van der Waals surface area contributed by atoms with Crippen LogP contribution in [0.2, 0.25) is 0 Å². The molecule has 0 aromatic heterocycles. The Morgan fingerprint density at radius 2 is 2.15 bits per heavy atom. The monoisotopic (exact) mass is 240 g/mol. The Bertz CT molecular complexity index is 371. The first-order valence-corrected chi connectivity index (χ1v) is 4.92. The Labute approximate surface area is 85.0 Å². The van der Waals surface area contributed by atoms with Gasteiger partial charge >= 0.3 is 0 Å². The highest BCUT2D eigenvalue weighted by atomic mass is 79.9. The van der Waals surface area contributed by atoms with Gasteiger partial charge in [-0.2, -0.15) is 0 Å². The van der Waals surface area contributed by atoms with E-state index in [4.69, 9.17) is 4.74 Å². The summed E-state index contributed by atoms with van der Waals surface area (Å²) >= 11 is 3.36. The molecule has 2 rings (SSSR count). The molecular formula is C10H9BrO2. The zero-order chi connectivity index (χ0) is 9.42. The molecule has 0 bridgehead atoms. The van der Waals surface area contributed by atoms with Gasteiger partial charge in [-0.3, -0.25) is 4.79 Å². The number of aryl methyl sites for hydroxylation is 1. The van der Waals surface area contributed by atoms with E-state index in [-0.39, 0.29) is 5.78 Å². The van der Waals surface area contributed by atoms with Gasteiger partial charge in [-0.05, 0) is 34.0 Å². The van der Waals surface area contributed by atoms with E-state index in [0.717, 1.165) is 22.0 Å². The van der Waals surface area contributed by atoms with Crippen LogP contribution in [0.25, 0.3) is 0 Å². The van der Waals surface area contributed by atoms with Crippen LogP contribution >= 0.6 is 15.9 Å². The van der Waals surface area contributed by atoms with E-state index in [1.54, 1.807) is 7.11 Å². The van der Waals surface area contributed by atoms with Crippen molar-refractivity contribution in [2.75, 3.05) is 7.11 Å². The predicted molar refractivity (Wildman–Crippen MR) is 53.3 cm³/mol. The maximum Gasteiger partial charge on any atom is 0.167 e. The molecule has 13 heavy (non-hydrogen) atoms. The minimum atomic E-state index is 0.188. The molecule has 1 aliphatic carbocycles. The summed E-state index contributed by atoms with van der Waals surface area (Å²) in [6, 6.07) is 3.91. The molecular weight excluding hydrogens is 232 g/mol. The molecule has 0 N–H and O–H groups in total. The van der Waals surface area contributed by atoms with Gasteiger partial charge in [0.25, 0.3) is 0 Å². The Morgan fingerprint density at radius 3 is 2.85 bits per heavy atom. The number of hydrogen-bond donors (Lipinski definition) is 0. The first-order chi connectivity index (χ1) is 6.24. The third kappa shape index (κ3) is 1.27. The molecule has 0 saturated heterocycles.